The Balaban J connectivity index is 2.82. The van der Waals surface area contributed by atoms with E-state index in [2.05, 4.69) is 9.97 Å². The molecule has 5 heteroatoms. The molecule has 0 bridgehead atoms. The van der Waals surface area contributed by atoms with E-state index < -0.39 is 0 Å². The third kappa shape index (κ3) is 3.57. The summed E-state index contributed by atoms with van der Waals surface area (Å²) in [5.74, 6) is 0.616. The first-order valence-electron chi connectivity index (χ1n) is 5.04. The van der Waals surface area contributed by atoms with Crippen LogP contribution < -0.4 is 5.56 Å². The van der Waals surface area contributed by atoms with Crippen molar-refractivity contribution in [2.75, 3.05) is 6.61 Å². The third-order valence-corrected chi connectivity index (χ3v) is 3.02. The van der Waals surface area contributed by atoms with Crippen LogP contribution >= 0.6 is 22.6 Å². The first-order valence-corrected chi connectivity index (χ1v) is 6.12. The zero-order valence-electron chi connectivity index (χ0n) is 8.97. The van der Waals surface area contributed by atoms with Gasteiger partial charge < -0.3 is 9.72 Å². The predicted octanol–water partition coefficient (Wildman–Crippen LogP) is 1.86. The Morgan fingerprint density at radius 2 is 2.20 bits per heavy atom. The molecule has 1 heterocycles. The summed E-state index contributed by atoms with van der Waals surface area (Å²) in [6.45, 7) is 5.10. The highest BCUT2D eigenvalue weighted by Gasteiger charge is 2.06. The summed E-state index contributed by atoms with van der Waals surface area (Å²) in [4.78, 5) is 18.5. The number of nitrogens with one attached hydrogen (secondary N) is 1. The summed E-state index contributed by atoms with van der Waals surface area (Å²) < 4.78 is 6.00. The average Bonchev–Trinajstić information content (AvgIpc) is 2.23. The van der Waals surface area contributed by atoms with E-state index in [0.29, 0.717) is 22.6 Å². The molecule has 0 saturated heterocycles. The molecule has 15 heavy (non-hydrogen) atoms. The van der Waals surface area contributed by atoms with Crippen LogP contribution in [0.5, 0.6) is 0 Å². The fourth-order valence-corrected chi connectivity index (χ4v) is 1.81. The second kappa shape index (κ2) is 6.22. The van der Waals surface area contributed by atoms with Crippen molar-refractivity contribution in [1.29, 1.82) is 0 Å². The van der Waals surface area contributed by atoms with Crippen molar-refractivity contribution in [3.05, 3.63) is 25.4 Å². The molecule has 1 N–H and O–H groups in total. The van der Waals surface area contributed by atoms with Gasteiger partial charge in [0.25, 0.3) is 5.56 Å². The lowest BCUT2D eigenvalue weighted by Crippen LogP contribution is -2.18. The number of aromatic amines is 1. The Bertz CT molecular complexity index is 376. The van der Waals surface area contributed by atoms with Crippen LogP contribution in [0, 0.1) is 3.57 Å². The van der Waals surface area contributed by atoms with Gasteiger partial charge in [0.15, 0.2) is 0 Å². The van der Waals surface area contributed by atoms with Crippen molar-refractivity contribution in [1.82, 2.24) is 9.97 Å². The highest BCUT2D eigenvalue weighted by Crippen LogP contribution is 2.05. The van der Waals surface area contributed by atoms with Gasteiger partial charge >= 0.3 is 0 Å². The maximum absolute atomic E-state index is 11.5. The van der Waals surface area contributed by atoms with Crippen molar-refractivity contribution in [2.45, 2.75) is 33.3 Å². The quantitative estimate of drug-likeness (QED) is 0.665. The van der Waals surface area contributed by atoms with Crippen LogP contribution in [-0.4, -0.2) is 16.6 Å². The molecule has 4 nitrogen and oxygen atoms in total. The monoisotopic (exact) mass is 322 g/mol. The number of rotatable bonds is 5. The fraction of sp³-hybridized carbons (Fsp3) is 0.600. The van der Waals surface area contributed by atoms with Crippen molar-refractivity contribution in [2.24, 2.45) is 0 Å². The maximum atomic E-state index is 11.5. The molecule has 0 aliphatic heterocycles. The molecule has 0 fully saturated rings. The molecular weight excluding hydrogens is 307 g/mol. The lowest BCUT2D eigenvalue weighted by atomic mass is 10.3. The molecule has 0 radical (unpaired) electrons. The topological polar surface area (TPSA) is 55.0 Å². The minimum Gasteiger partial charge on any atom is -0.374 e. The first kappa shape index (κ1) is 12.6. The average molecular weight is 322 g/mol. The molecular formula is C10H15IN2O2. The second-order valence-corrected chi connectivity index (χ2v) is 4.26. The predicted molar refractivity (Wildman–Crippen MR) is 66.9 cm³/mol. The molecule has 0 unspecified atom stereocenters. The molecule has 1 rings (SSSR count). The van der Waals surface area contributed by atoms with E-state index in [1.54, 1.807) is 0 Å². The summed E-state index contributed by atoms with van der Waals surface area (Å²) in [5, 5.41) is 0. The lowest BCUT2D eigenvalue weighted by molar-refractivity contribution is 0.115. The van der Waals surface area contributed by atoms with Gasteiger partial charge in [-0.3, -0.25) is 4.79 Å². The van der Waals surface area contributed by atoms with Gasteiger partial charge in [0.1, 0.15) is 12.4 Å². The van der Waals surface area contributed by atoms with Gasteiger partial charge in [-0.05, 0) is 35.4 Å². The second-order valence-electron chi connectivity index (χ2n) is 3.18. The number of hydrogen-bond donors (Lipinski definition) is 1. The molecule has 0 saturated carbocycles. The minimum absolute atomic E-state index is 0.0717. The Hall–Kier alpha value is -0.430. The molecule has 0 atom stereocenters. The van der Waals surface area contributed by atoms with Crippen LogP contribution in [0.25, 0.3) is 0 Å². The Labute approximate surface area is 103 Å². The summed E-state index contributed by atoms with van der Waals surface area (Å²) in [7, 11) is 0. The SMILES string of the molecule is CCCOCc1nc(CC)c(I)c(=O)[nH]1. The minimum atomic E-state index is -0.0717. The van der Waals surface area contributed by atoms with Crippen LogP contribution in [0.3, 0.4) is 0 Å². The number of halogens is 1. The molecule has 1 aromatic rings. The normalized spacial score (nSPS) is 10.6. The van der Waals surface area contributed by atoms with E-state index in [0.717, 1.165) is 18.5 Å². The van der Waals surface area contributed by atoms with Crippen molar-refractivity contribution < 1.29 is 4.74 Å². The van der Waals surface area contributed by atoms with E-state index in [1.807, 2.05) is 36.4 Å². The molecule has 0 amide bonds. The van der Waals surface area contributed by atoms with Gasteiger partial charge in [0, 0.05) is 6.61 Å². The number of ether oxygens (including phenoxy) is 1. The summed E-state index contributed by atoms with van der Waals surface area (Å²) in [6.07, 6.45) is 1.73. The Morgan fingerprint density at radius 3 is 2.80 bits per heavy atom. The van der Waals surface area contributed by atoms with Crippen LogP contribution in [0.2, 0.25) is 0 Å². The molecule has 1 aromatic heterocycles. The smallest absolute Gasteiger partial charge is 0.264 e. The number of H-pyrrole nitrogens is 1. The largest absolute Gasteiger partial charge is 0.374 e. The van der Waals surface area contributed by atoms with Gasteiger partial charge in [-0.2, -0.15) is 0 Å². The third-order valence-electron chi connectivity index (χ3n) is 1.90. The van der Waals surface area contributed by atoms with E-state index in [9.17, 15) is 4.79 Å². The van der Waals surface area contributed by atoms with Crippen molar-refractivity contribution in [3.63, 3.8) is 0 Å². The number of hydrogen-bond acceptors (Lipinski definition) is 3. The molecule has 0 aliphatic carbocycles. The summed E-state index contributed by atoms with van der Waals surface area (Å²) in [6, 6.07) is 0. The van der Waals surface area contributed by atoms with Crippen LogP contribution in [0.4, 0.5) is 0 Å². The molecule has 84 valence electrons. The maximum Gasteiger partial charge on any atom is 0.264 e. The van der Waals surface area contributed by atoms with Gasteiger partial charge in [0.05, 0.1) is 9.26 Å². The first-order chi connectivity index (χ1) is 7.19. The van der Waals surface area contributed by atoms with E-state index in [1.165, 1.54) is 0 Å². The van der Waals surface area contributed by atoms with Crippen molar-refractivity contribution >= 4 is 22.6 Å². The standard InChI is InChI=1S/C10H15IN2O2/c1-3-5-15-6-8-12-7(4-2)9(11)10(14)13-8/h3-6H2,1-2H3,(H,12,13,14). The molecule has 0 aromatic carbocycles. The van der Waals surface area contributed by atoms with E-state index in [-0.39, 0.29) is 5.56 Å². The number of aromatic nitrogens is 2. The van der Waals surface area contributed by atoms with E-state index >= 15 is 0 Å². The Kier molecular flexibility index (Phi) is 5.24. The van der Waals surface area contributed by atoms with Gasteiger partial charge in [-0.1, -0.05) is 13.8 Å². The van der Waals surface area contributed by atoms with Crippen molar-refractivity contribution in [3.8, 4) is 0 Å². The zero-order chi connectivity index (χ0) is 11.3. The molecule has 0 aliphatic rings. The lowest BCUT2D eigenvalue weighted by Gasteiger charge is -2.05. The fourth-order valence-electron chi connectivity index (χ4n) is 1.17. The van der Waals surface area contributed by atoms with Crippen LogP contribution in [-0.2, 0) is 17.8 Å². The van der Waals surface area contributed by atoms with Crippen LogP contribution in [0.1, 0.15) is 31.8 Å². The highest BCUT2D eigenvalue weighted by atomic mass is 127. The van der Waals surface area contributed by atoms with Gasteiger partial charge in [0.2, 0.25) is 0 Å². The Morgan fingerprint density at radius 1 is 1.47 bits per heavy atom. The summed E-state index contributed by atoms with van der Waals surface area (Å²) in [5.41, 5.74) is 0.770. The highest BCUT2D eigenvalue weighted by molar-refractivity contribution is 14.1. The van der Waals surface area contributed by atoms with Crippen LogP contribution in [0.15, 0.2) is 4.79 Å². The number of aryl methyl sites for hydroxylation is 1. The zero-order valence-corrected chi connectivity index (χ0v) is 11.1. The number of nitrogens with zero attached hydrogens (tertiary/aromatic N) is 1. The van der Waals surface area contributed by atoms with Gasteiger partial charge in [-0.25, -0.2) is 4.98 Å². The van der Waals surface area contributed by atoms with Gasteiger partial charge in [-0.15, -0.1) is 0 Å². The molecule has 0 spiro atoms. The summed E-state index contributed by atoms with van der Waals surface area (Å²) >= 11 is 2.02. The van der Waals surface area contributed by atoms with E-state index in [4.69, 9.17) is 4.74 Å².